The average molecular weight is 466 g/mol. The van der Waals surface area contributed by atoms with Gasteiger partial charge in [-0.1, -0.05) is 36.6 Å². The molecule has 1 N–H and O–H groups in total. The van der Waals surface area contributed by atoms with Crippen molar-refractivity contribution in [3.8, 4) is 11.5 Å². The molecular weight excluding hydrogens is 446 g/mol. The number of rotatable bonds is 8. The Morgan fingerprint density at radius 1 is 1.17 bits per heavy atom. The molecule has 3 aromatic rings. The summed E-state index contributed by atoms with van der Waals surface area (Å²) in [7, 11) is -3.61. The van der Waals surface area contributed by atoms with Gasteiger partial charge in [-0.15, -0.1) is 16.9 Å². The lowest BCUT2D eigenvalue weighted by Gasteiger charge is -2.05. The fourth-order valence-electron chi connectivity index (χ4n) is 2.53. The number of nitrogens with zero attached hydrogens (tertiary/aromatic N) is 2. The summed E-state index contributed by atoms with van der Waals surface area (Å²) < 4.78 is 30.1. The maximum Gasteiger partial charge on any atom is 0.322 e. The van der Waals surface area contributed by atoms with Crippen LogP contribution in [0.2, 0.25) is 5.02 Å². The SMILES string of the molecule is CC(C)Sc1cccc(-c2nnc(NC(=O)CCS(=O)(=O)c3ccc(Cl)cc3)o2)c1. The van der Waals surface area contributed by atoms with Gasteiger partial charge in [0.25, 0.3) is 0 Å². The molecule has 1 amide bonds. The molecule has 0 radical (unpaired) electrons. The zero-order chi connectivity index (χ0) is 21.7. The number of amides is 1. The van der Waals surface area contributed by atoms with Crippen LogP contribution in [0.25, 0.3) is 11.5 Å². The highest BCUT2D eigenvalue weighted by Crippen LogP contribution is 2.28. The lowest BCUT2D eigenvalue weighted by molar-refractivity contribution is -0.115. The maximum atomic E-state index is 12.3. The number of hydrogen-bond donors (Lipinski definition) is 1. The number of nitrogens with one attached hydrogen (secondary N) is 1. The first-order valence-electron chi connectivity index (χ1n) is 9.12. The summed E-state index contributed by atoms with van der Waals surface area (Å²) in [5, 5.41) is 11.1. The fourth-order valence-corrected chi connectivity index (χ4v) is 4.80. The van der Waals surface area contributed by atoms with Crippen LogP contribution in [-0.2, 0) is 14.6 Å². The summed E-state index contributed by atoms with van der Waals surface area (Å²) in [6.07, 6.45) is -0.247. The highest BCUT2D eigenvalue weighted by Gasteiger charge is 2.18. The topological polar surface area (TPSA) is 102 Å². The number of halogens is 1. The fraction of sp³-hybridized carbons (Fsp3) is 0.250. The minimum Gasteiger partial charge on any atom is -0.403 e. The van der Waals surface area contributed by atoms with Crippen LogP contribution >= 0.6 is 23.4 Å². The molecule has 1 aromatic heterocycles. The number of benzene rings is 2. The van der Waals surface area contributed by atoms with Gasteiger partial charge in [-0.3, -0.25) is 10.1 Å². The van der Waals surface area contributed by atoms with E-state index in [-0.39, 0.29) is 29.0 Å². The van der Waals surface area contributed by atoms with Gasteiger partial charge in [0.15, 0.2) is 9.84 Å². The molecule has 0 unspecified atom stereocenters. The molecule has 2 aromatic carbocycles. The lowest BCUT2D eigenvalue weighted by atomic mass is 10.2. The van der Waals surface area contributed by atoms with Crippen molar-refractivity contribution >= 4 is 45.1 Å². The second kappa shape index (κ2) is 9.63. The molecule has 0 spiro atoms. The minimum absolute atomic E-state index is 0.0826. The summed E-state index contributed by atoms with van der Waals surface area (Å²) in [5.74, 6) is -0.618. The van der Waals surface area contributed by atoms with Crippen molar-refractivity contribution in [1.82, 2.24) is 10.2 Å². The summed E-state index contributed by atoms with van der Waals surface area (Å²) in [6, 6.07) is 13.4. The Kier molecular flexibility index (Phi) is 7.17. The molecule has 0 atom stereocenters. The monoisotopic (exact) mass is 465 g/mol. The molecule has 158 valence electrons. The smallest absolute Gasteiger partial charge is 0.322 e. The number of hydrogen-bond acceptors (Lipinski definition) is 7. The van der Waals surface area contributed by atoms with E-state index in [1.807, 2.05) is 24.3 Å². The predicted octanol–water partition coefficient (Wildman–Crippen LogP) is 4.69. The van der Waals surface area contributed by atoms with E-state index in [9.17, 15) is 13.2 Å². The van der Waals surface area contributed by atoms with Crippen molar-refractivity contribution in [2.45, 2.75) is 35.3 Å². The van der Waals surface area contributed by atoms with Gasteiger partial charge in [0, 0.05) is 27.2 Å². The third-order valence-electron chi connectivity index (χ3n) is 3.89. The largest absolute Gasteiger partial charge is 0.403 e. The van der Waals surface area contributed by atoms with E-state index in [1.165, 1.54) is 24.3 Å². The third kappa shape index (κ3) is 6.07. The molecule has 0 saturated carbocycles. The van der Waals surface area contributed by atoms with Crippen molar-refractivity contribution in [2.75, 3.05) is 11.1 Å². The molecule has 7 nitrogen and oxygen atoms in total. The second-order valence-electron chi connectivity index (χ2n) is 6.68. The molecule has 0 fully saturated rings. The minimum atomic E-state index is -3.61. The van der Waals surface area contributed by atoms with E-state index in [1.54, 1.807) is 11.8 Å². The van der Waals surface area contributed by atoms with Crippen molar-refractivity contribution in [1.29, 1.82) is 0 Å². The van der Waals surface area contributed by atoms with Crippen LogP contribution in [0, 0.1) is 0 Å². The Labute approximate surface area is 184 Å². The average Bonchev–Trinajstić information content (AvgIpc) is 3.15. The molecular formula is C20H20ClN3O4S2. The molecule has 0 aliphatic heterocycles. The van der Waals surface area contributed by atoms with Crippen molar-refractivity contribution in [3.05, 3.63) is 53.6 Å². The summed E-state index contributed by atoms with van der Waals surface area (Å²) in [6.45, 7) is 4.20. The highest BCUT2D eigenvalue weighted by atomic mass is 35.5. The van der Waals surface area contributed by atoms with Gasteiger partial charge in [0.2, 0.25) is 11.8 Å². The van der Waals surface area contributed by atoms with Crippen LogP contribution in [-0.4, -0.2) is 35.5 Å². The lowest BCUT2D eigenvalue weighted by Crippen LogP contribution is -2.17. The summed E-state index contributed by atoms with van der Waals surface area (Å²) in [5.41, 5.74) is 0.735. The first-order valence-corrected chi connectivity index (χ1v) is 12.0. The number of aromatic nitrogens is 2. The molecule has 0 aliphatic carbocycles. The summed E-state index contributed by atoms with van der Waals surface area (Å²) in [4.78, 5) is 13.3. The number of anilines is 1. The zero-order valence-electron chi connectivity index (χ0n) is 16.3. The molecule has 3 rings (SSSR count). The van der Waals surface area contributed by atoms with Crippen LogP contribution in [0.4, 0.5) is 6.01 Å². The van der Waals surface area contributed by atoms with Gasteiger partial charge >= 0.3 is 6.01 Å². The maximum absolute atomic E-state index is 12.3. The quantitative estimate of drug-likeness (QED) is 0.481. The van der Waals surface area contributed by atoms with Crippen LogP contribution in [0.1, 0.15) is 20.3 Å². The van der Waals surface area contributed by atoms with Gasteiger partial charge in [-0.25, -0.2) is 8.42 Å². The molecule has 0 saturated heterocycles. The normalized spacial score (nSPS) is 11.6. The van der Waals surface area contributed by atoms with Crippen LogP contribution < -0.4 is 5.32 Å². The first-order chi connectivity index (χ1) is 14.2. The molecule has 1 heterocycles. The van der Waals surface area contributed by atoms with Crippen molar-refractivity contribution in [2.24, 2.45) is 0 Å². The van der Waals surface area contributed by atoms with E-state index >= 15 is 0 Å². The molecule has 30 heavy (non-hydrogen) atoms. The second-order valence-corrected chi connectivity index (χ2v) is 10.9. The number of carbonyl (C=O) groups is 1. The number of sulfone groups is 1. The Morgan fingerprint density at radius 2 is 1.90 bits per heavy atom. The first kappa shape index (κ1) is 22.3. The van der Waals surface area contributed by atoms with Crippen LogP contribution in [0.3, 0.4) is 0 Å². The van der Waals surface area contributed by atoms with E-state index in [2.05, 4.69) is 29.4 Å². The standard InChI is InChI=1S/C20H20ClN3O4S2/c1-13(2)29-16-5-3-4-14(12-16)19-23-24-20(28-19)22-18(25)10-11-30(26,27)17-8-6-15(21)7-9-17/h3-9,12-13H,10-11H2,1-2H3,(H,22,24,25). The van der Waals surface area contributed by atoms with Crippen molar-refractivity contribution < 1.29 is 17.6 Å². The van der Waals surface area contributed by atoms with Crippen LogP contribution in [0.5, 0.6) is 0 Å². The number of thioether (sulfide) groups is 1. The Hall–Kier alpha value is -2.36. The van der Waals surface area contributed by atoms with E-state index < -0.39 is 15.7 Å². The zero-order valence-corrected chi connectivity index (χ0v) is 18.7. The van der Waals surface area contributed by atoms with Crippen molar-refractivity contribution in [3.63, 3.8) is 0 Å². The van der Waals surface area contributed by atoms with Gasteiger partial charge in [0.1, 0.15) is 0 Å². The van der Waals surface area contributed by atoms with E-state index in [0.717, 1.165) is 10.5 Å². The Bertz CT molecular complexity index is 1130. The Balaban J connectivity index is 1.60. The highest BCUT2D eigenvalue weighted by molar-refractivity contribution is 7.99. The molecule has 0 bridgehead atoms. The van der Waals surface area contributed by atoms with E-state index in [0.29, 0.717) is 10.3 Å². The molecule has 0 aliphatic rings. The predicted molar refractivity (Wildman–Crippen MR) is 117 cm³/mol. The van der Waals surface area contributed by atoms with Gasteiger partial charge in [-0.05, 0) is 42.5 Å². The van der Waals surface area contributed by atoms with Gasteiger partial charge < -0.3 is 4.42 Å². The third-order valence-corrected chi connectivity index (χ3v) is 6.88. The number of carbonyl (C=O) groups excluding carboxylic acids is 1. The van der Waals surface area contributed by atoms with Gasteiger partial charge in [0.05, 0.1) is 10.6 Å². The molecule has 10 heteroatoms. The van der Waals surface area contributed by atoms with Crippen LogP contribution in [0.15, 0.2) is 62.7 Å². The van der Waals surface area contributed by atoms with Gasteiger partial charge in [-0.2, -0.15) is 0 Å². The summed E-state index contributed by atoms with van der Waals surface area (Å²) >= 11 is 7.48. The Morgan fingerprint density at radius 3 is 2.60 bits per heavy atom. The van der Waals surface area contributed by atoms with E-state index in [4.69, 9.17) is 16.0 Å².